The molecule has 9 heteroatoms. The molecule has 0 unspecified atom stereocenters. The standard InChI is InChI=1S/C21H24N8O.C2H6/c1-2-4-17-16(3-1)27-18(9-22-20-19-21(24-12-23-19)26-13-25-20)29(17)14-5-7-28(8-6-14)15-10-30-11-15;1-2/h1-4,12-15H,5-11H2,(H2,22,23,24,25,26);1-2H3. The SMILES string of the molecule is CC.c1ccc2c(c1)nc(CNc1ncnc3nc[nH]c13)n2C1CCN(C2COC2)CC1. The third-order valence-corrected chi connectivity index (χ3v) is 6.31. The maximum absolute atomic E-state index is 5.38. The van der Waals surface area contributed by atoms with E-state index in [0.717, 1.165) is 61.8 Å². The third kappa shape index (κ3) is 3.82. The van der Waals surface area contributed by atoms with Crippen molar-refractivity contribution in [3.63, 3.8) is 0 Å². The first-order valence-electron chi connectivity index (χ1n) is 11.5. The minimum atomic E-state index is 0.448. The van der Waals surface area contributed by atoms with Crippen LogP contribution in [0.25, 0.3) is 22.2 Å². The second-order valence-corrected chi connectivity index (χ2v) is 8.02. The molecule has 2 aliphatic rings. The van der Waals surface area contributed by atoms with Gasteiger partial charge >= 0.3 is 0 Å². The zero-order valence-electron chi connectivity index (χ0n) is 18.7. The predicted molar refractivity (Wildman–Crippen MR) is 125 cm³/mol. The van der Waals surface area contributed by atoms with E-state index in [1.807, 2.05) is 13.8 Å². The quantitative estimate of drug-likeness (QED) is 0.497. The molecule has 32 heavy (non-hydrogen) atoms. The molecule has 2 N–H and O–H groups in total. The number of piperidine rings is 1. The molecule has 9 nitrogen and oxygen atoms in total. The number of ether oxygens (including phenoxy) is 1. The summed E-state index contributed by atoms with van der Waals surface area (Å²) in [7, 11) is 0. The molecule has 0 aliphatic carbocycles. The molecule has 2 saturated heterocycles. The van der Waals surface area contributed by atoms with Gasteiger partial charge in [-0.25, -0.2) is 19.9 Å². The fraction of sp³-hybridized carbons (Fsp3) is 0.478. The van der Waals surface area contributed by atoms with Crippen LogP contribution < -0.4 is 5.32 Å². The van der Waals surface area contributed by atoms with Gasteiger partial charge < -0.3 is 19.6 Å². The van der Waals surface area contributed by atoms with E-state index in [1.165, 1.54) is 11.8 Å². The van der Waals surface area contributed by atoms with Crippen LogP contribution in [0.2, 0.25) is 0 Å². The summed E-state index contributed by atoms with van der Waals surface area (Å²) in [6, 6.07) is 9.47. The summed E-state index contributed by atoms with van der Waals surface area (Å²) in [6.45, 7) is 8.58. The third-order valence-electron chi connectivity index (χ3n) is 6.31. The van der Waals surface area contributed by atoms with E-state index in [0.29, 0.717) is 24.3 Å². The molecule has 0 bridgehead atoms. The van der Waals surface area contributed by atoms with Crippen LogP contribution in [0.1, 0.15) is 38.6 Å². The minimum absolute atomic E-state index is 0.448. The van der Waals surface area contributed by atoms with Crippen molar-refractivity contribution in [1.29, 1.82) is 0 Å². The number of aromatic nitrogens is 6. The number of rotatable bonds is 5. The normalized spacial score (nSPS) is 17.8. The van der Waals surface area contributed by atoms with Crippen molar-refractivity contribution in [2.75, 3.05) is 31.6 Å². The lowest BCUT2D eigenvalue weighted by atomic mass is 10.0. The molecule has 0 amide bonds. The number of imidazole rings is 2. The second kappa shape index (κ2) is 9.22. The van der Waals surface area contributed by atoms with Crippen molar-refractivity contribution in [3.05, 3.63) is 42.7 Å². The van der Waals surface area contributed by atoms with Gasteiger partial charge in [0.1, 0.15) is 17.7 Å². The lowest BCUT2D eigenvalue weighted by Crippen LogP contribution is -2.51. The largest absolute Gasteiger partial charge is 0.378 e. The summed E-state index contributed by atoms with van der Waals surface area (Å²) >= 11 is 0. The lowest BCUT2D eigenvalue weighted by Gasteiger charge is -2.42. The Kier molecular flexibility index (Phi) is 6.00. The highest BCUT2D eigenvalue weighted by atomic mass is 16.5. The van der Waals surface area contributed by atoms with Crippen LogP contribution in [0.5, 0.6) is 0 Å². The van der Waals surface area contributed by atoms with Crippen molar-refractivity contribution in [1.82, 2.24) is 34.4 Å². The Morgan fingerprint density at radius 2 is 1.88 bits per heavy atom. The van der Waals surface area contributed by atoms with Crippen molar-refractivity contribution < 1.29 is 4.74 Å². The van der Waals surface area contributed by atoms with Gasteiger partial charge in [-0.15, -0.1) is 0 Å². The van der Waals surface area contributed by atoms with Gasteiger partial charge in [0.2, 0.25) is 0 Å². The van der Waals surface area contributed by atoms with E-state index >= 15 is 0 Å². The van der Waals surface area contributed by atoms with E-state index < -0.39 is 0 Å². The molecular formula is C23H30N8O. The average molecular weight is 435 g/mol. The molecule has 0 spiro atoms. The number of nitrogens with one attached hydrogen (secondary N) is 2. The van der Waals surface area contributed by atoms with Crippen LogP contribution in [-0.4, -0.2) is 66.7 Å². The Bertz CT molecular complexity index is 1170. The number of fused-ring (bicyclic) bond motifs is 2. The number of H-pyrrole nitrogens is 1. The molecule has 1 aromatic carbocycles. The van der Waals surface area contributed by atoms with E-state index in [2.05, 4.69) is 59.0 Å². The van der Waals surface area contributed by atoms with Crippen molar-refractivity contribution >= 4 is 28.0 Å². The van der Waals surface area contributed by atoms with Crippen LogP contribution in [0.4, 0.5) is 5.82 Å². The molecule has 2 aliphatic heterocycles. The predicted octanol–water partition coefficient (Wildman–Crippen LogP) is 3.38. The van der Waals surface area contributed by atoms with Crippen molar-refractivity contribution in [2.24, 2.45) is 0 Å². The summed E-state index contributed by atoms with van der Waals surface area (Å²) in [5, 5.41) is 3.44. The first-order valence-corrected chi connectivity index (χ1v) is 11.5. The van der Waals surface area contributed by atoms with Crippen LogP contribution in [0.3, 0.4) is 0 Å². The fourth-order valence-electron chi connectivity index (χ4n) is 4.63. The molecule has 2 fully saturated rings. The fourth-order valence-corrected chi connectivity index (χ4v) is 4.63. The highest BCUT2D eigenvalue weighted by molar-refractivity contribution is 5.82. The van der Waals surface area contributed by atoms with E-state index in [9.17, 15) is 0 Å². The Morgan fingerprint density at radius 3 is 2.66 bits per heavy atom. The topological polar surface area (TPSA) is 96.8 Å². The van der Waals surface area contributed by atoms with Crippen LogP contribution in [-0.2, 0) is 11.3 Å². The molecule has 0 radical (unpaired) electrons. The highest BCUT2D eigenvalue weighted by Crippen LogP contribution is 2.31. The molecule has 0 saturated carbocycles. The Hall–Kier alpha value is -3.04. The maximum atomic E-state index is 5.38. The van der Waals surface area contributed by atoms with Crippen molar-refractivity contribution in [2.45, 2.75) is 45.3 Å². The van der Waals surface area contributed by atoms with Gasteiger partial charge in [-0.3, -0.25) is 4.90 Å². The molecule has 3 aromatic heterocycles. The molecule has 6 rings (SSSR count). The number of hydrogen-bond donors (Lipinski definition) is 2. The van der Waals surface area contributed by atoms with E-state index in [4.69, 9.17) is 9.72 Å². The number of benzene rings is 1. The van der Waals surface area contributed by atoms with E-state index in [-0.39, 0.29) is 0 Å². The van der Waals surface area contributed by atoms with Crippen LogP contribution in [0, 0.1) is 0 Å². The smallest absolute Gasteiger partial charge is 0.182 e. The van der Waals surface area contributed by atoms with Crippen LogP contribution in [0.15, 0.2) is 36.9 Å². The lowest BCUT2D eigenvalue weighted by molar-refractivity contribution is -0.0730. The Labute approximate surface area is 187 Å². The minimum Gasteiger partial charge on any atom is -0.378 e. The molecule has 0 atom stereocenters. The maximum Gasteiger partial charge on any atom is 0.182 e. The van der Waals surface area contributed by atoms with Gasteiger partial charge in [-0.05, 0) is 25.0 Å². The first-order chi connectivity index (χ1) is 15.9. The van der Waals surface area contributed by atoms with Gasteiger partial charge in [0.15, 0.2) is 11.5 Å². The summed E-state index contributed by atoms with van der Waals surface area (Å²) in [4.78, 5) is 23.4. The van der Waals surface area contributed by atoms with Gasteiger partial charge in [0, 0.05) is 19.1 Å². The number of para-hydroxylation sites is 2. The molecule has 168 valence electrons. The van der Waals surface area contributed by atoms with Gasteiger partial charge in [-0.2, -0.15) is 0 Å². The molecular weight excluding hydrogens is 404 g/mol. The number of anilines is 1. The highest BCUT2D eigenvalue weighted by Gasteiger charge is 2.31. The summed E-state index contributed by atoms with van der Waals surface area (Å²) < 4.78 is 7.81. The zero-order chi connectivity index (χ0) is 21.9. The van der Waals surface area contributed by atoms with E-state index in [1.54, 1.807) is 6.33 Å². The zero-order valence-corrected chi connectivity index (χ0v) is 18.7. The van der Waals surface area contributed by atoms with Crippen LogP contribution >= 0.6 is 0 Å². The monoisotopic (exact) mass is 434 g/mol. The van der Waals surface area contributed by atoms with Gasteiger partial charge in [-0.1, -0.05) is 26.0 Å². The average Bonchev–Trinajstić information content (AvgIpc) is 3.43. The second-order valence-electron chi connectivity index (χ2n) is 8.02. The summed E-state index contributed by atoms with van der Waals surface area (Å²) in [5.41, 5.74) is 3.72. The number of aromatic amines is 1. The van der Waals surface area contributed by atoms with Gasteiger partial charge in [0.25, 0.3) is 0 Å². The summed E-state index contributed by atoms with van der Waals surface area (Å²) in [5.74, 6) is 1.78. The number of nitrogens with zero attached hydrogens (tertiary/aromatic N) is 6. The Morgan fingerprint density at radius 1 is 1.06 bits per heavy atom. The first kappa shape index (κ1) is 20.8. The summed E-state index contributed by atoms with van der Waals surface area (Å²) in [6.07, 6.45) is 5.43. The molecule has 5 heterocycles. The molecule has 4 aromatic rings. The van der Waals surface area contributed by atoms with Crippen molar-refractivity contribution in [3.8, 4) is 0 Å². The Balaban J connectivity index is 0.00000105. The van der Waals surface area contributed by atoms with Gasteiger partial charge in [0.05, 0.1) is 43.2 Å². The number of likely N-dealkylation sites (tertiary alicyclic amines) is 1. The number of hydrogen-bond acceptors (Lipinski definition) is 7.